The van der Waals surface area contributed by atoms with Crippen LogP contribution in [0.25, 0.3) is 0 Å². The van der Waals surface area contributed by atoms with Crippen LogP contribution in [0.3, 0.4) is 0 Å². The summed E-state index contributed by atoms with van der Waals surface area (Å²) in [7, 11) is 1.67. The van der Waals surface area contributed by atoms with Gasteiger partial charge in [-0.05, 0) is 68.1 Å². The van der Waals surface area contributed by atoms with Crippen molar-refractivity contribution in [3.05, 3.63) is 29.8 Å². The summed E-state index contributed by atoms with van der Waals surface area (Å²) in [6.07, 6.45) is 9.33. The Morgan fingerprint density at radius 2 is 1.65 bits per heavy atom. The predicted molar refractivity (Wildman–Crippen MR) is 122 cm³/mol. The minimum atomic E-state index is -0.206. The van der Waals surface area contributed by atoms with E-state index in [2.05, 4.69) is 26.0 Å². The number of rotatable bonds is 13. The fourth-order valence-electron chi connectivity index (χ4n) is 4.19. The van der Waals surface area contributed by atoms with Crippen molar-refractivity contribution in [3.8, 4) is 5.75 Å². The van der Waals surface area contributed by atoms with Gasteiger partial charge in [0.1, 0.15) is 11.9 Å². The third kappa shape index (κ3) is 9.32. The van der Waals surface area contributed by atoms with Crippen molar-refractivity contribution < 1.29 is 23.8 Å². The van der Waals surface area contributed by atoms with Gasteiger partial charge in [0.25, 0.3) is 0 Å². The van der Waals surface area contributed by atoms with Gasteiger partial charge in [-0.3, -0.25) is 9.59 Å². The molecule has 0 saturated heterocycles. The maximum Gasteiger partial charge on any atom is 0.306 e. The first-order valence-corrected chi connectivity index (χ1v) is 12.0. The van der Waals surface area contributed by atoms with Gasteiger partial charge < -0.3 is 14.2 Å². The highest BCUT2D eigenvalue weighted by Crippen LogP contribution is 2.34. The molecule has 0 aliphatic heterocycles. The van der Waals surface area contributed by atoms with Crippen LogP contribution in [0.4, 0.5) is 0 Å². The van der Waals surface area contributed by atoms with Crippen LogP contribution in [0.2, 0.25) is 0 Å². The summed E-state index contributed by atoms with van der Waals surface area (Å²) in [4.78, 5) is 24.1. The van der Waals surface area contributed by atoms with Crippen molar-refractivity contribution in [3.63, 3.8) is 0 Å². The van der Waals surface area contributed by atoms with E-state index in [1.807, 2.05) is 12.1 Å². The molecule has 1 fully saturated rings. The zero-order chi connectivity index (χ0) is 22.5. The second-order valence-electron chi connectivity index (χ2n) is 8.69. The molecule has 2 rings (SSSR count). The number of carbonyl (C=O) groups is 2. The van der Waals surface area contributed by atoms with Crippen LogP contribution >= 0.6 is 0 Å². The van der Waals surface area contributed by atoms with Gasteiger partial charge in [0.05, 0.1) is 13.7 Å². The van der Waals surface area contributed by atoms with Crippen LogP contribution in [-0.2, 0) is 19.1 Å². The first-order chi connectivity index (χ1) is 15.0. The average molecular weight is 433 g/mol. The zero-order valence-corrected chi connectivity index (χ0v) is 19.6. The summed E-state index contributed by atoms with van der Waals surface area (Å²) in [5, 5.41) is 0. The van der Waals surface area contributed by atoms with Crippen LogP contribution in [-0.4, -0.2) is 31.8 Å². The van der Waals surface area contributed by atoms with Gasteiger partial charge >= 0.3 is 11.9 Å². The topological polar surface area (TPSA) is 61.8 Å². The molecular formula is C26H40O5. The molecule has 1 aliphatic carbocycles. The van der Waals surface area contributed by atoms with Gasteiger partial charge in [-0.1, -0.05) is 45.2 Å². The largest absolute Gasteiger partial charge is 0.497 e. The van der Waals surface area contributed by atoms with Crippen LogP contribution in [0.15, 0.2) is 24.3 Å². The highest BCUT2D eigenvalue weighted by atomic mass is 16.5. The molecule has 1 aromatic rings. The van der Waals surface area contributed by atoms with Gasteiger partial charge in [0.15, 0.2) is 0 Å². The minimum absolute atomic E-state index is 0.00201. The first kappa shape index (κ1) is 25.2. The fourth-order valence-corrected chi connectivity index (χ4v) is 4.19. The van der Waals surface area contributed by atoms with E-state index in [1.54, 1.807) is 7.11 Å². The van der Waals surface area contributed by atoms with Crippen molar-refractivity contribution in [2.45, 2.75) is 96.5 Å². The van der Waals surface area contributed by atoms with E-state index in [0.717, 1.165) is 50.7 Å². The lowest BCUT2D eigenvalue weighted by atomic mass is 9.83. The molecule has 0 radical (unpaired) electrons. The number of benzene rings is 1. The van der Waals surface area contributed by atoms with Crippen molar-refractivity contribution in [1.29, 1.82) is 0 Å². The SMILES string of the molecule is CCCCC(CC)COC(=O)CCCC(=O)OC1CCC(c2ccc(OC)cc2)CC1. The number of ether oxygens (including phenoxy) is 3. The monoisotopic (exact) mass is 432 g/mol. The summed E-state index contributed by atoms with van der Waals surface area (Å²) >= 11 is 0. The molecule has 0 bridgehead atoms. The van der Waals surface area contributed by atoms with Crippen LogP contribution < -0.4 is 4.74 Å². The average Bonchev–Trinajstić information content (AvgIpc) is 2.80. The Morgan fingerprint density at radius 1 is 0.968 bits per heavy atom. The molecule has 5 heteroatoms. The Kier molecular flexibility index (Phi) is 11.5. The minimum Gasteiger partial charge on any atom is -0.497 e. The van der Waals surface area contributed by atoms with Crippen LogP contribution in [0, 0.1) is 5.92 Å². The molecule has 1 aliphatic rings. The first-order valence-electron chi connectivity index (χ1n) is 12.0. The van der Waals surface area contributed by atoms with Crippen molar-refractivity contribution >= 4 is 11.9 Å². The van der Waals surface area contributed by atoms with Gasteiger partial charge in [0, 0.05) is 12.8 Å². The normalized spacial score (nSPS) is 19.5. The Hall–Kier alpha value is -2.04. The Bertz CT molecular complexity index is 646. The number of methoxy groups -OCH3 is 1. The van der Waals surface area contributed by atoms with E-state index in [9.17, 15) is 9.59 Å². The number of hydrogen-bond donors (Lipinski definition) is 0. The maximum absolute atomic E-state index is 12.2. The number of unbranched alkanes of at least 4 members (excludes halogenated alkanes) is 1. The second-order valence-corrected chi connectivity index (χ2v) is 8.69. The Morgan fingerprint density at radius 3 is 2.26 bits per heavy atom. The Balaban J connectivity index is 1.59. The summed E-state index contributed by atoms with van der Waals surface area (Å²) in [5.74, 6) is 1.43. The third-order valence-corrected chi connectivity index (χ3v) is 6.34. The van der Waals surface area contributed by atoms with Crippen LogP contribution in [0.1, 0.15) is 96.0 Å². The van der Waals surface area contributed by atoms with E-state index in [4.69, 9.17) is 14.2 Å². The lowest BCUT2D eigenvalue weighted by Gasteiger charge is -2.28. The molecule has 174 valence electrons. The molecule has 0 heterocycles. The summed E-state index contributed by atoms with van der Waals surface area (Å²) in [6, 6.07) is 8.25. The van der Waals surface area contributed by atoms with Crippen molar-refractivity contribution in [2.75, 3.05) is 13.7 Å². The fraction of sp³-hybridized carbons (Fsp3) is 0.692. The Labute approximate surface area is 187 Å². The molecule has 0 N–H and O–H groups in total. The predicted octanol–water partition coefficient (Wildman–Crippen LogP) is 6.19. The van der Waals surface area contributed by atoms with Crippen molar-refractivity contribution in [2.24, 2.45) is 5.92 Å². The molecule has 31 heavy (non-hydrogen) atoms. The van der Waals surface area contributed by atoms with E-state index < -0.39 is 0 Å². The summed E-state index contributed by atoms with van der Waals surface area (Å²) in [6.45, 7) is 4.80. The van der Waals surface area contributed by atoms with Gasteiger partial charge in [-0.2, -0.15) is 0 Å². The molecule has 1 saturated carbocycles. The number of carbonyl (C=O) groups excluding carboxylic acids is 2. The molecule has 0 aromatic heterocycles. The smallest absolute Gasteiger partial charge is 0.306 e. The van der Waals surface area contributed by atoms with Crippen molar-refractivity contribution in [1.82, 2.24) is 0 Å². The lowest BCUT2D eigenvalue weighted by molar-refractivity contribution is -0.151. The quantitative estimate of drug-likeness (QED) is 0.348. The second kappa shape index (κ2) is 14.1. The lowest BCUT2D eigenvalue weighted by Crippen LogP contribution is -2.24. The van der Waals surface area contributed by atoms with Gasteiger partial charge in [-0.25, -0.2) is 0 Å². The molecule has 0 spiro atoms. The van der Waals surface area contributed by atoms with Gasteiger partial charge in [-0.15, -0.1) is 0 Å². The van der Waals surface area contributed by atoms with E-state index >= 15 is 0 Å². The molecule has 0 amide bonds. The zero-order valence-electron chi connectivity index (χ0n) is 19.6. The van der Waals surface area contributed by atoms with E-state index in [0.29, 0.717) is 24.9 Å². The summed E-state index contributed by atoms with van der Waals surface area (Å²) < 4.78 is 16.3. The number of esters is 2. The highest BCUT2D eigenvalue weighted by Gasteiger charge is 2.25. The third-order valence-electron chi connectivity index (χ3n) is 6.34. The molecule has 1 aromatic carbocycles. The molecule has 1 unspecified atom stereocenters. The van der Waals surface area contributed by atoms with Gasteiger partial charge in [0.2, 0.25) is 0 Å². The molecule has 5 nitrogen and oxygen atoms in total. The highest BCUT2D eigenvalue weighted by molar-refractivity contribution is 5.72. The molecular weight excluding hydrogens is 392 g/mol. The number of hydrogen-bond acceptors (Lipinski definition) is 5. The standard InChI is InChI=1S/C26H40O5/c1-4-6-8-20(5-2)19-30-25(27)9-7-10-26(28)31-24-17-13-22(14-18-24)21-11-15-23(29-3)16-12-21/h11-12,15-16,20,22,24H,4-10,13-14,17-19H2,1-3H3. The molecule has 1 atom stereocenters. The maximum atomic E-state index is 12.2. The van der Waals surface area contributed by atoms with E-state index in [-0.39, 0.29) is 30.9 Å². The van der Waals surface area contributed by atoms with Crippen LogP contribution in [0.5, 0.6) is 5.75 Å². The van der Waals surface area contributed by atoms with E-state index in [1.165, 1.54) is 12.0 Å². The summed E-state index contributed by atoms with van der Waals surface area (Å²) in [5.41, 5.74) is 1.32.